The van der Waals surface area contributed by atoms with E-state index in [0.29, 0.717) is 11.1 Å². The zero-order chi connectivity index (χ0) is 20.5. The molecule has 1 saturated carbocycles. The van der Waals surface area contributed by atoms with Crippen LogP contribution in [0.5, 0.6) is 0 Å². The van der Waals surface area contributed by atoms with Gasteiger partial charge in [0.25, 0.3) is 0 Å². The number of hydrogen-bond acceptors (Lipinski definition) is 2. The van der Waals surface area contributed by atoms with Gasteiger partial charge in [0.05, 0.1) is 21.8 Å². The molecule has 0 radical (unpaired) electrons. The lowest BCUT2D eigenvalue weighted by Crippen LogP contribution is -2.16. The average Bonchev–Trinajstić information content (AvgIpc) is 3.44. The summed E-state index contributed by atoms with van der Waals surface area (Å²) in [5.41, 5.74) is 0.162. The third-order valence-electron chi connectivity index (χ3n) is 4.25. The highest BCUT2D eigenvalue weighted by Crippen LogP contribution is 2.35. The molecule has 2 aromatic carbocycles. The Morgan fingerprint density at radius 1 is 1.07 bits per heavy atom. The summed E-state index contributed by atoms with van der Waals surface area (Å²) in [5, 5.41) is 11.6. The lowest BCUT2D eigenvalue weighted by molar-refractivity contribution is -0.137. The molecule has 0 atom stereocenters. The molecule has 2 N–H and O–H groups in total. The molecule has 0 aromatic heterocycles. The van der Waals surface area contributed by atoms with Crippen molar-refractivity contribution in [1.29, 1.82) is 0 Å². The Kier molecular flexibility index (Phi) is 5.47. The number of anilines is 1. The molecule has 1 aliphatic carbocycles. The summed E-state index contributed by atoms with van der Waals surface area (Å²) in [6.45, 7) is 0. The second kappa shape index (κ2) is 7.67. The molecule has 0 saturated heterocycles. The largest absolute Gasteiger partial charge is 0.478 e. The fourth-order valence-corrected chi connectivity index (χ4v) is 2.89. The lowest BCUT2D eigenvalue weighted by Gasteiger charge is -2.09. The number of amides is 1. The van der Waals surface area contributed by atoms with E-state index < -0.39 is 22.7 Å². The van der Waals surface area contributed by atoms with Crippen LogP contribution < -0.4 is 5.32 Å². The van der Waals surface area contributed by atoms with E-state index in [0.717, 1.165) is 18.9 Å². The van der Waals surface area contributed by atoms with Gasteiger partial charge < -0.3 is 10.4 Å². The molecular weight excluding hydrogens is 395 g/mol. The Morgan fingerprint density at radius 3 is 2.21 bits per heavy atom. The van der Waals surface area contributed by atoms with Gasteiger partial charge in [0.15, 0.2) is 0 Å². The van der Waals surface area contributed by atoms with Crippen LogP contribution in [-0.2, 0) is 11.0 Å². The summed E-state index contributed by atoms with van der Waals surface area (Å²) < 4.78 is 38.2. The Morgan fingerprint density at radius 2 is 1.68 bits per heavy atom. The molecule has 4 nitrogen and oxygen atoms in total. The number of halogens is 4. The number of aromatic carboxylic acids is 1. The van der Waals surface area contributed by atoms with Crippen LogP contribution >= 0.6 is 11.6 Å². The van der Waals surface area contributed by atoms with Gasteiger partial charge in [0.1, 0.15) is 0 Å². The lowest BCUT2D eigenvalue weighted by atomic mass is 10.1. The second-order valence-electron chi connectivity index (χ2n) is 6.44. The van der Waals surface area contributed by atoms with Gasteiger partial charge in [-0.1, -0.05) is 35.9 Å². The van der Waals surface area contributed by atoms with Crippen LogP contribution in [0.4, 0.5) is 18.9 Å². The van der Waals surface area contributed by atoms with Gasteiger partial charge >= 0.3 is 12.1 Å². The van der Waals surface area contributed by atoms with Gasteiger partial charge in [-0.3, -0.25) is 4.79 Å². The van der Waals surface area contributed by atoms with E-state index in [1.807, 2.05) is 0 Å². The molecule has 2 aromatic rings. The first-order valence-corrected chi connectivity index (χ1v) is 8.76. The van der Waals surface area contributed by atoms with Crippen molar-refractivity contribution in [2.75, 3.05) is 5.32 Å². The van der Waals surface area contributed by atoms with Crippen molar-refractivity contribution in [2.24, 2.45) is 5.92 Å². The minimum atomic E-state index is -4.53. The number of carboxylic acids is 1. The Balaban J connectivity index is 1.82. The molecule has 0 unspecified atom stereocenters. The number of rotatable bonds is 5. The van der Waals surface area contributed by atoms with Crippen LogP contribution in [0.3, 0.4) is 0 Å². The molecule has 3 rings (SSSR count). The first-order chi connectivity index (χ1) is 13.1. The summed E-state index contributed by atoms with van der Waals surface area (Å²) in [6, 6.07) is 7.82. The Bertz CT molecular complexity index is 966. The van der Waals surface area contributed by atoms with Crippen LogP contribution in [0.1, 0.15) is 39.9 Å². The number of nitrogens with one attached hydrogen (secondary N) is 1. The smallest absolute Gasteiger partial charge is 0.417 e. The molecule has 28 heavy (non-hydrogen) atoms. The summed E-state index contributed by atoms with van der Waals surface area (Å²) in [4.78, 5) is 23.4. The predicted octanol–water partition coefficient (Wildman–Crippen LogP) is 5.58. The maximum atomic E-state index is 12.7. The second-order valence-corrected chi connectivity index (χ2v) is 6.85. The van der Waals surface area contributed by atoms with Crippen molar-refractivity contribution in [2.45, 2.75) is 19.0 Å². The van der Waals surface area contributed by atoms with E-state index in [4.69, 9.17) is 11.6 Å². The molecule has 0 bridgehead atoms. The van der Waals surface area contributed by atoms with E-state index in [1.54, 1.807) is 12.1 Å². The summed E-state index contributed by atoms with van der Waals surface area (Å²) in [5.74, 6) is -1.46. The van der Waals surface area contributed by atoms with Gasteiger partial charge in [0.2, 0.25) is 5.91 Å². The summed E-state index contributed by atoms with van der Waals surface area (Å²) in [6.07, 6.45) is 0.138. The molecule has 1 amide bonds. The number of hydrogen-bond donors (Lipinski definition) is 2. The predicted molar refractivity (Wildman–Crippen MR) is 100 cm³/mol. The fraction of sp³-hybridized carbons (Fsp3) is 0.200. The Labute approximate surface area is 163 Å². The zero-order valence-corrected chi connectivity index (χ0v) is 15.1. The minimum absolute atomic E-state index is 0.0642. The van der Waals surface area contributed by atoms with Crippen LogP contribution in [0.15, 0.2) is 36.4 Å². The molecular formula is C20H15ClF3NO3. The van der Waals surface area contributed by atoms with E-state index in [9.17, 15) is 27.9 Å². The molecule has 8 heteroatoms. The van der Waals surface area contributed by atoms with Crippen molar-refractivity contribution < 1.29 is 27.9 Å². The van der Waals surface area contributed by atoms with Crippen molar-refractivity contribution in [1.82, 2.24) is 0 Å². The van der Waals surface area contributed by atoms with Gasteiger partial charge in [-0.15, -0.1) is 0 Å². The number of carboxylic acid groups (broad SMARTS) is 1. The summed E-state index contributed by atoms with van der Waals surface area (Å²) >= 11 is 5.69. The van der Waals surface area contributed by atoms with Crippen LogP contribution in [0.25, 0.3) is 12.2 Å². The van der Waals surface area contributed by atoms with E-state index in [-0.39, 0.29) is 23.1 Å². The van der Waals surface area contributed by atoms with Gasteiger partial charge in [0, 0.05) is 5.92 Å². The van der Waals surface area contributed by atoms with Crippen molar-refractivity contribution in [3.05, 3.63) is 63.7 Å². The zero-order valence-electron chi connectivity index (χ0n) is 14.4. The van der Waals surface area contributed by atoms with Gasteiger partial charge in [-0.05, 0) is 48.2 Å². The maximum absolute atomic E-state index is 12.7. The van der Waals surface area contributed by atoms with Crippen molar-refractivity contribution >= 4 is 41.3 Å². The highest BCUT2D eigenvalue weighted by molar-refractivity contribution is 6.31. The number of carbonyl (C=O) groups is 2. The van der Waals surface area contributed by atoms with Crippen LogP contribution in [0, 0.1) is 5.92 Å². The molecule has 146 valence electrons. The van der Waals surface area contributed by atoms with Crippen LogP contribution in [-0.4, -0.2) is 17.0 Å². The molecule has 0 heterocycles. The normalized spacial score (nSPS) is 14.3. The Hall–Kier alpha value is -2.80. The van der Waals surface area contributed by atoms with E-state index in [2.05, 4.69) is 5.32 Å². The molecule has 0 spiro atoms. The quantitative estimate of drug-likeness (QED) is 0.634. The van der Waals surface area contributed by atoms with Crippen LogP contribution in [0.2, 0.25) is 5.02 Å². The first kappa shape index (κ1) is 19.9. The highest BCUT2D eigenvalue weighted by atomic mass is 35.5. The monoisotopic (exact) mass is 409 g/mol. The third kappa shape index (κ3) is 4.72. The summed E-state index contributed by atoms with van der Waals surface area (Å²) in [7, 11) is 0. The maximum Gasteiger partial charge on any atom is 0.417 e. The number of carbonyl (C=O) groups excluding carboxylic acids is 1. The highest BCUT2D eigenvalue weighted by Gasteiger charge is 2.33. The van der Waals surface area contributed by atoms with E-state index in [1.165, 1.54) is 30.3 Å². The van der Waals surface area contributed by atoms with Gasteiger partial charge in [-0.25, -0.2) is 4.79 Å². The van der Waals surface area contributed by atoms with Crippen molar-refractivity contribution in [3.8, 4) is 0 Å². The topological polar surface area (TPSA) is 66.4 Å². The fourth-order valence-electron chi connectivity index (χ4n) is 2.59. The van der Waals surface area contributed by atoms with E-state index >= 15 is 0 Å². The molecule has 1 fully saturated rings. The van der Waals surface area contributed by atoms with Crippen molar-refractivity contribution in [3.63, 3.8) is 0 Å². The number of alkyl halides is 3. The number of benzene rings is 2. The van der Waals surface area contributed by atoms with Gasteiger partial charge in [-0.2, -0.15) is 13.2 Å². The minimum Gasteiger partial charge on any atom is -0.478 e. The third-order valence-corrected chi connectivity index (χ3v) is 4.56. The standard InChI is InChI=1S/C20H15ClF3NO3/c21-16-10-12(3-7-15(16)20(22,23)24)2-1-11-4-8-17(14(9-11)19(27)28)25-18(26)13-5-6-13/h1-4,7-10,13H,5-6H2,(H,25,26)(H,27,28)/b2-1+. The first-order valence-electron chi connectivity index (χ1n) is 8.38. The SMILES string of the molecule is O=C(O)c1cc(/C=C/c2ccc(C(F)(F)F)c(Cl)c2)ccc1NC(=O)C1CC1. The molecule has 1 aliphatic rings. The molecule has 0 aliphatic heterocycles. The average molecular weight is 410 g/mol.